The molecule has 0 saturated carbocycles. The van der Waals surface area contributed by atoms with Crippen molar-refractivity contribution in [2.45, 2.75) is 6.42 Å². The van der Waals surface area contributed by atoms with Crippen LogP contribution in [0.25, 0.3) is 0 Å². The number of methoxy groups -OCH3 is 1. The van der Waals surface area contributed by atoms with Crippen LogP contribution in [0.4, 0.5) is 0 Å². The first-order valence-electron chi connectivity index (χ1n) is 6.43. The maximum absolute atomic E-state index is 11.2. The number of para-hydroxylation sites is 1. The summed E-state index contributed by atoms with van der Waals surface area (Å²) in [5, 5.41) is 9.16. The van der Waals surface area contributed by atoms with E-state index in [1.54, 1.807) is 37.5 Å². The third-order valence-corrected chi connectivity index (χ3v) is 2.95. The standard InChI is InChI=1S/C17H16O4/c1-3-6-12-9-10-15(16(11-12)20-2)21-14-8-5-4-7-13(14)17(18)19/h3-5,7-11H,1,6H2,2H3,(H,18,19). The van der Waals surface area contributed by atoms with Crippen LogP contribution in [-0.4, -0.2) is 18.2 Å². The molecule has 108 valence electrons. The highest BCUT2D eigenvalue weighted by molar-refractivity contribution is 5.90. The maximum atomic E-state index is 11.2. The van der Waals surface area contributed by atoms with Gasteiger partial charge in [0.25, 0.3) is 0 Å². The van der Waals surface area contributed by atoms with Crippen molar-refractivity contribution >= 4 is 5.97 Å². The molecule has 2 aromatic carbocycles. The van der Waals surface area contributed by atoms with Crippen LogP contribution in [0.5, 0.6) is 17.2 Å². The summed E-state index contributed by atoms with van der Waals surface area (Å²) in [5.74, 6) is 0.265. The fourth-order valence-electron chi connectivity index (χ4n) is 1.94. The van der Waals surface area contributed by atoms with Crippen LogP contribution < -0.4 is 9.47 Å². The second-order valence-electron chi connectivity index (χ2n) is 4.38. The molecule has 2 rings (SSSR count). The highest BCUT2D eigenvalue weighted by Gasteiger charge is 2.13. The Bertz CT molecular complexity index is 662. The average Bonchev–Trinajstić information content (AvgIpc) is 2.49. The highest BCUT2D eigenvalue weighted by Crippen LogP contribution is 2.34. The molecule has 0 radical (unpaired) electrons. The molecule has 4 nitrogen and oxygen atoms in total. The molecule has 21 heavy (non-hydrogen) atoms. The molecule has 0 spiro atoms. The summed E-state index contributed by atoms with van der Waals surface area (Å²) >= 11 is 0. The van der Waals surface area contributed by atoms with Gasteiger partial charge in [-0.1, -0.05) is 24.3 Å². The SMILES string of the molecule is C=CCc1ccc(Oc2ccccc2C(=O)O)c(OC)c1. The van der Waals surface area contributed by atoms with Crippen LogP contribution in [0.15, 0.2) is 55.1 Å². The van der Waals surface area contributed by atoms with E-state index in [0.29, 0.717) is 11.5 Å². The van der Waals surface area contributed by atoms with Gasteiger partial charge in [0.1, 0.15) is 11.3 Å². The number of aromatic carboxylic acids is 1. The number of rotatable bonds is 6. The molecule has 0 fully saturated rings. The molecule has 0 unspecified atom stereocenters. The minimum Gasteiger partial charge on any atom is -0.493 e. The molecular formula is C17H16O4. The molecule has 0 amide bonds. The van der Waals surface area contributed by atoms with E-state index in [2.05, 4.69) is 6.58 Å². The zero-order valence-corrected chi connectivity index (χ0v) is 11.7. The van der Waals surface area contributed by atoms with Crippen molar-refractivity contribution in [3.8, 4) is 17.2 Å². The van der Waals surface area contributed by atoms with Gasteiger partial charge in [-0.05, 0) is 36.2 Å². The first-order valence-corrected chi connectivity index (χ1v) is 6.43. The van der Waals surface area contributed by atoms with Crippen molar-refractivity contribution in [1.29, 1.82) is 0 Å². The van der Waals surface area contributed by atoms with Crippen molar-refractivity contribution < 1.29 is 19.4 Å². The van der Waals surface area contributed by atoms with Gasteiger partial charge in [0.2, 0.25) is 0 Å². The molecule has 0 aliphatic heterocycles. The van der Waals surface area contributed by atoms with Gasteiger partial charge >= 0.3 is 5.97 Å². The summed E-state index contributed by atoms with van der Waals surface area (Å²) in [6.07, 6.45) is 2.53. The average molecular weight is 284 g/mol. The van der Waals surface area contributed by atoms with Gasteiger partial charge < -0.3 is 14.6 Å². The molecule has 0 atom stereocenters. The van der Waals surface area contributed by atoms with Crippen molar-refractivity contribution in [2.24, 2.45) is 0 Å². The Labute approximate surface area is 123 Å². The van der Waals surface area contributed by atoms with E-state index in [9.17, 15) is 4.79 Å². The van der Waals surface area contributed by atoms with Crippen LogP contribution >= 0.6 is 0 Å². The van der Waals surface area contributed by atoms with E-state index in [-0.39, 0.29) is 11.3 Å². The predicted molar refractivity (Wildman–Crippen MR) is 80.4 cm³/mol. The predicted octanol–water partition coefficient (Wildman–Crippen LogP) is 3.91. The van der Waals surface area contributed by atoms with Crippen molar-refractivity contribution in [3.63, 3.8) is 0 Å². The number of hydrogen-bond acceptors (Lipinski definition) is 3. The molecular weight excluding hydrogens is 268 g/mol. The third-order valence-electron chi connectivity index (χ3n) is 2.95. The summed E-state index contributed by atoms with van der Waals surface area (Å²) in [6.45, 7) is 3.70. The van der Waals surface area contributed by atoms with Gasteiger partial charge in [-0.25, -0.2) is 4.79 Å². The molecule has 0 heterocycles. The minimum atomic E-state index is -1.03. The molecule has 0 aliphatic rings. The van der Waals surface area contributed by atoms with Gasteiger partial charge in [0, 0.05) is 0 Å². The van der Waals surface area contributed by atoms with Crippen molar-refractivity contribution in [2.75, 3.05) is 7.11 Å². The lowest BCUT2D eigenvalue weighted by Crippen LogP contribution is -2.00. The number of allylic oxidation sites excluding steroid dienone is 1. The number of carbonyl (C=O) groups is 1. The molecule has 1 N–H and O–H groups in total. The Kier molecular flexibility index (Phi) is 4.61. The summed E-state index contributed by atoms with van der Waals surface area (Å²) < 4.78 is 11.0. The smallest absolute Gasteiger partial charge is 0.339 e. The molecule has 2 aromatic rings. The van der Waals surface area contributed by atoms with Gasteiger partial charge in [-0.3, -0.25) is 0 Å². The quantitative estimate of drug-likeness (QED) is 0.817. The molecule has 0 bridgehead atoms. The zero-order valence-electron chi connectivity index (χ0n) is 11.7. The summed E-state index contributed by atoms with van der Waals surface area (Å²) in [4.78, 5) is 11.2. The Balaban J connectivity index is 2.35. The number of carboxylic acids is 1. The lowest BCUT2D eigenvalue weighted by atomic mass is 10.1. The topological polar surface area (TPSA) is 55.8 Å². The van der Waals surface area contributed by atoms with E-state index in [1.807, 2.05) is 12.1 Å². The number of benzene rings is 2. The fraction of sp³-hybridized carbons (Fsp3) is 0.118. The van der Waals surface area contributed by atoms with Gasteiger partial charge in [-0.15, -0.1) is 6.58 Å². The van der Waals surface area contributed by atoms with Crippen LogP contribution in [0.1, 0.15) is 15.9 Å². The lowest BCUT2D eigenvalue weighted by molar-refractivity contribution is 0.0694. The Morgan fingerprint density at radius 1 is 1.19 bits per heavy atom. The second kappa shape index (κ2) is 6.61. The minimum absolute atomic E-state index is 0.106. The molecule has 0 aromatic heterocycles. The Hall–Kier alpha value is -2.75. The first kappa shape index (κ1) is 14.7. The molecule has 0 aliphatic carbocycles. The van der Waals surface area contributed by atoms with E-state index in [0.717, 1.165) is 12.0 Å². The first-order chi connectivity index (χ1) is 10.2. The second-order valence-corrected chi connectivity index (χ2v) is 4.38. The number of carboxylic acid groups (broad SMARTS) is 1. The molecule has 4 heteroatoms. The summed E-state index contributed by atoms with van der Waals surface area (Å²) in [6, 6.07) is 12.0. The summed E-state index contributed by atoms with van der Waals surface area (Å²) in [5.41, 5.74) is 1.15. The van der Waals surface area contributed by atoms with Crippen molar-refractivity contribution in [3.05, 3.63) is 66.2 Å². The highest BCUT2D eigenvalue weighted by atomic mass is 16.5. The Morgan fingerprint density at radius 2 is 1.95 bits per heavy atom. The van der Waals surface area contributed by atoms with Gasteiger partial charge in [-0.2, -0.15) is 0 Å². The Morgan fingerprint density at radius 3 is 2.62 bits per heavy atom. The van der Waals surface area contributed by atoms with Crippen molar-refractivity contribution in [1.82, 2.24) is 0 Å². The zero-order chi connectivity index (χ0) is 15.2. The fourth-order valence-corrected chi connectivity index (χ4v) is 1.94. The molecule has 0 saturated heterocycles. The van der Waals surface area contributed by atoms with Gasteiger partial charge in [0.05, 0.1) is 7.11 Å². The largest absolute Gasteiger partial charge is 0.493 e. The van der Waals surface area contributed by atoms with Crippen LogP contribution in [0.2, 0.25) is 0 Å². The maximum Gasteiger partial charge on any atom is 0.339 e. The van der Waals surface area contributed by atoms with E-state index >= 15 is 0 Å². The van der Waals surface area contributed by atoms with Crippen LogP contribution in [0, 0.1) is 0 Å². The summed E-state index contributed by atoms with van der Waals surface area (Å²) in [7, 11) is 1.54. The lowest BCUT2D eigenvalue weighted by Gasteiger charge is -2.13. The normalized spacial score (nSPS) is 9.95. The number of ether oxygens (including phenoxy) is 2. The van der Waals surface area contributed by atoms with E-state index < -0.39 is 5.97 Å². The van der Waals surface area contributed by atoms with Crippen LogP contribution in [0.3, 0.4) is 0 Å². The third kappa shape index (κ3) is 3.42. The van der Waals surface area contributed by atoms with E-state index in [4.69, 9.17) is 14.6 Å². The van der Waals surface area contributed by atoms with Crippen LogP contribution in [-0.2, 0) is 6.42 Å². The van der Waals surface area contributed by atoms with E-state index in [1.165, 1.54) is 6.07 Å². The number of hydrogen-bond donors (Lipinski definition) is 1. The monoisotopic (exact) mass is 284 g/mol. The van der Waals surface area contributed by atoms with Gasteiger partial charge in [0.15, 0.2) is 11.5 Å².